The van der Waals surface area contributed by atoms with Crippen LogP contribution in [-0.4, -0.2) is 0 Å². The predicted molar refractivity (Wildman–Crippen MR) is 52.9 cm³/mol. The Morgan fingerprint density at radius 3 is 2.57 bits per heavy atom. The topological polar surface area (TPSA) is 49.8 Å². The summed E-state index contributed by atoms with van der Waals surface area (Å²) in [5, 5.41) is 8.78. The van der Waals surface area contributed by atoms with Gasteiger partial charge in [-0.1, -0.05) is 26.0 Å². The summed E-state index contributed by atoms with van der Waals surface area (Å²) in [6.07, 6.45) is 0. The number of nitrogens with zero attached hydrogens (tertiary/aromatic N) is 1. The summed E-state index contributed by atoms with van der Waals surface area (Å²) in [6.45, 7) is 3.88. The zero-order valence-corrected chi connectivity index (χ0v) is 8.29. The lowest BCUT2D eigenvalue weighted by molar-refractivity contribution is 0.508. The number of nitriles is 1. The van der Waals surface area contributed by atoms with Crippen molar-refractivity contribution in [3.8, 4) is 6.07 Å². The van der Waals surface area contributed by atoms with Gasteiger partial charge in [0.1, 0.15) is 11.9 Å². The SMILES string of the molecule is CC(C)C(N)c1cccc(F)c1C#N. The van der Waals surface area contributed by atoms with Crippen LogP contribution in [-0.2, 0) is 0 Å². The molecule has 2 nitrogen and oxygen atoms in total. The van der Waals surface area contributed by atoms with Crippen LogP contribution in [0.2, 0.25) is 0 Å². The van der Waals surface area contributed by atoms with Gasteiger partial charge in [-0.25, -0.2) is 4.39 Å². The number of rotatable bonds is 2. The van der Waals surface area contributed by atoms with Crippen molar-refractivity contribution in [2.75, 3.05) is 0 Å². The number of nitrogens with two attached hydrogens (primary N) is 1. The first-order valence-corrected chi connectivity index (χ1v) is 4.52. The number of hydrogen-bond acceptors (Lipinski definition) is 2. The Labute approximate surface area is 83.2 Å². The molecule has 0 aromatic heterocycles. The summed E-state index contributed by atoms with van der Waals surface area (Å²) in [6, 6.07) is 6.10. The van der Waals surface area contributed by atoms with E-state index in [0.717, 1.165) is 0 Å². The fourth-order valence-corrected chi connectivity index (χ4v) is 1.30. The van der Waals surface area contributed by atoms with Crippen LogP contribution in [0.3, 0.4) is 0 Å². The second-order valence-electron chi connectivity index (χ2n) is 3.59. The number of benzene rings is 1. The van der Waals surface area contributed by atoms with Crippen molar-refractivity contribution in [1.29, 1.82) is 5.26 Å². The second-order valence-corrected chi connectivity index (χ2v) is 3.59. The quantitative estimate of drug-likeness (QED) is 0.781. The van der Waals surface area contributed by atoms with E-state index in [-0.39, 0.29) is 17.5 Å². The summed E-state index contributed by atoms with van der Waals surface area (Å²) in [7, 11) is 0. The molecule has 0 aliphatic carbocycles. The molecule has 0 heterocycles. The fraction of sp³-hybridized carbons (Fsp3) is 0.364. The molecule has 14 heavy (non-hydrogen) atoms. The van der Waals surface area contributed by atoms with Crippen molar-refractivity contribution in [1.82, 2.24) is 0 Å². The van der Waals surface area contributed by atoms with Gasteiger partial charge in [-0.2, -0.15) is 5.26 Å². The normalized spacial score (nSPS) is 12.6. The van der Waals surface area contributed by atoms with Crippen LogP contribution in [0.1, 0.15) is 31.0 Å². The van der Waals surface area contributed by atoms with Crippen LogP contribution in [0.25, 0.3) is 0 Å². The third-order valence-corrected chi connectivity index (χ3v) is 2.23. The van der Waals surface area contributed by atoms with E-state index in [1.807, 2.05) is 19.9 Å². The maximum Gasteiger partial charge on any atom is 0.141 e. The average Bonchev–Trinajstić information content (AvgIpc) is 2.16. The highest BCUT2D eigenvalue weighted by Crippen LogP contribution is 2.23. The smallest absolute Gasteiger partial charge is 0.141 e. The zero-order chi connectivity index (χ0) is 10.7. The van der Waals surface area contributed by atoms with E-state index in [9.17, 15) is 4.39 Å². The molecule has 1 unspecified atom stereocenters. The lowest BCUT2D eigenvalue weighted by Gasteiger charge is -2.17. The Hall–Kier alpha value is -1.40. The Balaban J connectivity index is 3.22. The van der Waals surface area contributed by atoms with Gasteiger partial charge >= 0.3 is 0 Å². The molecule has 1 atom stereocenters. The minimum absolute atomic E-state index is 0.0636. The molecule has 1 rings (SSSR count). The van der Waals surface area contributed by atoms with E-state index >= 15 is 0 Å². The van der Waals surface area contributed by atoms with Gasteiger partial charge in [-0.05, 0) is 17.5 Å². The Kier molecular flexibility index (Phi) is 3.21. The van der Waals surface area contributed by atoms with Crippen molar-refractivity contribution in [2.45, 2.75) is 19.9 Å². The van der Waals surface area contributed by atoms with Gasteiger partial charge in [-0.3, -0.25) is 0 Å². The molecule has 1 aromatic carbocycles. The summed E-state index contributed by atoms with van der Waals surface area (Å²) >= 11 is 0. The first-order valence-electron chi connectivity index (χ1n) is 4.52. The van der Waals surface area contributed by atoms with E-state index in [0.29, 0.717) is 5.56 Å². The number of hydrogen-bond donors (Lipinski definition) is 1. The minimum atomic E-state index is -0.499. The van der Waals surface area contributed by atoms with Gasteiger partial charge in [0.05, 0.1) is 5.56 Å². The van der Waals surface area contributed by atoms with Crippen LogP contribution in [0, 0.1) is 23.1 Å². The van der Waals surface area contributed by atoms with E-state index in [1.165, 1.54) is 6.07 Å². The average molecular weight is 192 g/mol. The van der Waals surface area contributed by atoms with Gasteiger partial charge in [0.2, 0.25) is 0 Å². The van der Waals surface area contributed by atoms with Crippen molar-refractivity contribution in [3.63, 3.8) is 0 Å². The highest BCUT2D eigenvalue weighted by atomic mass is 19.1. The molecule has 0 aliphatic heterocycles. The third-order valence-electron chi connectivity index (χ3n) is 2.23. The third kappa shape index (κ3) is 1.91. The molecule has 0 amide bonds. The van der Waals surface area contributed by atoms with E-state index in [1.54, 1.807) is 12.1 Å². The van der Waals surface area contributed by atoms with E-state index < -0.39 is 5.82 Å². The van der Waals surface area contributed by atoms with Crippen molar-refractivity contribution < 1.29 is 4.39 Å². The largest absolute Gasteiger partial charge is 0.324 e. The molecule has 0 spiro atoms. The standard InChI is InChI=1S/C11H13FN2/c1-7(2)11(14)8-4-3-5-10(12)9(8)6-13/h3-5,7,11H,14H2,1-2H3. The van der Waals surface area contributed by atoms with Crippen molar-refractivity contribution >= 4 is 0 Å². The van der Waals surface area contributed by atoms with Crippen LogP contribution < -0.4 is 5.73 Å². The molecule has 0 radical (unpaired) electrons. The van der Waals surface area contributed by atoms with Crippen LogP contribution in [0.5, 0.6) is 0 Å². The van der Waals surface area contributed by atoms with E-state index in [4.69, 9.17) is 11.0 Å². The monoisotopic (exact) mass is 192 g/mol. The van der Waals surface area contributed by atoms with Gasteiger partial charge in [0.15, 0.2) is 0 Å². The molecule has 0 fully saturated rings. The molecular formula is C11H13FN2. The number of halogens is 1. The first kappa shape index (κ1) is 10.7. The Morgan fingerprint density at radius 1 is 1.43 bits per heavy atom. The van der Waals surface area contributed by atoms with Gasteiger partial charge in [0.25, 0.3) is 0 Å². The van der Waals surface area contributed by atoms with Gasteiger partial charge in [-0.15, -0.1) is 0 Å². The molecule has 3 heteroatoms. The summed E-state index contributed by atoms with van der Waals surface area (Å²) in [5.41, 5.74) is 6.51. The zero-order valence-electron chi connectivity index (χ0n) is 8.29. The molecule has 2 N–H and O–H groups in total. The Bertz CT molecular complexity index is 366. The molecule has 0 saturated carbocycles. The van der Waals surface area contributed by atoms with Crippen LogP contribution >= 0.6 is 0 Å². The lowest BCUT2D eigenvalue weighted by atomic mass is 9.93. The molecule has 0 saturated heterocycles. The Morgan fingerprint density at radius 2 is 2.07 bits per heavy atom. The van der Waals surface area contributed by atoms with Crippen molar-refractivity contribution in [3.05, 3.63) is 35.1 Å². The van der Waals surface area contributed by atoms with Crippen molar-refractivity contribution in [2.24, 2.45) is 11.7 Å². The minimum Gasteiger partial charge on any atom is -0.324 e. The van der Waals surface area contributed by atoms with E-state index in [2.05, 4.69) is 0 Å². The maximum atomic E-state index is 13.2. The van der Waals surface area contributed by atoms with Crippen LogP contribution in [0.4, 0.5) is 4.39 Å². The molecule has 74 valence electrons. The van der Waals surface area contributed by atoms with Gasteiger partial charge < -0.3 is 5.73 Å². The molecule has 0 aliphatic rings. The lowest BCUT2D eigenvalue weighted by Crippen LogP contribution is -2.18. The first-order chi connectivity index (χ1) is 6.57. The van der Waals surface area contributed by atoms with Crippen LogP contribution in [0.15, 0.2) is 18.2 Å². The summed E-state index contributed by atoms with van der Waals surface area (Å²) in [4.78, 5) is 0. The molecule has 0 bridgehead atoms. The second kappa shape index (κ2) is 4.21. The predicted octanol–water partition coefficient (Wildman–Crippen LogP) is 2.35. The highest BCUT2D eigenvalue weighted by molar-refractivity contribution is 5.40. The molecule has 1 aromatic rings. The fourth-order valence-electron chi connectivity index (χ4n) is 1.30. The van der Waals surface area contributed by atoms with Gasteiger partial charge in [0, 0.05) is 6.04 Å². The summed E-state index contributed by atoms with van der Waals surface area (Å²) < 4.78 is 13.2. The molecular weight excluding hydrogens is 179 g/mol. The maximum absolute atomic E-state index is 13.2. The summed E-state index contributed by atoms with van der Waals surface area (Å²) in [5.74, 6) is -0.315. The highest BCUT2D eigenvalue weighted by Gasteiger charge is 2.16.